The fraction of sp³-hybridized carbons (Fsp3) is 0.500. The summed E-state index contributed by atoms with van der Waals surface area (Å²) >= 11 is 0. The normalized spacial score (nSPS) is 18.5. The molecule has 1 aliphatic heterocycles. The van der Waals surface area contributed by atoms with Crippen molar-refractivity contribution in [1.29, 1.82) is 0 Å². The Morgan fingerprint density at radius 2 is 2.08 bits per heavy atom. The van der Waals surface area contributed by atoms with Crippen LogP contribution >= 0.6 is 0 Å². The van der Waals surface area contributed by atoms with Crippen LogP contribution in [-0.2, 0) is 0 Å². The van der Waals surface area contributed by atoms with Crippen molar-refractivity contribution in [3.8, 4) is 5.75 Å². The quantitative estimate of drug-likeness (QED) is 0.691. The van der Waals surface area contributed by atoms with Crippen molar-refractivity contribution in [2.24, 2.45) is 0 Å². The first-order chi connectivity index (χ1) is 6.45. The monoisotopic (exact) mass is 178 g/mol. The van der Waals surface area contributed by atoms with Crippen LogP contribution in [0, 0.1) is 0 Å². The molecule has 3 nitrogen and oxygen atoms in total. The molecule has 0 amide bonds. The molecule has 1 aliphatic rings. The van der Waals surface area contributed by atoms with Gasteiger partial charge in [-0.2, -0.15) is 0 Å². The van der Waals surface area contributed by atoms with Gasteiger partial charge in [-0.3, -0.25) is 4.98 Å². The van der Waals surface area contributed by atoms with Crippen LogP contribution in [0.15, 0.2) is 24.5 Å². The first-order valence-electron chi connectivity index (χ1n) is 4.78. The summed E-state index contributed by atoms with van der Waals surface area (Å²) in [5.41, 5.74) is 0. The van der Waals surface area contributed by atoms with Gasteiger partial charge in [0.1, 0.15) is 0 Å². The topological polar surface area (TPSA) is 25.4 Å². The number of pyridine rings is 1. The lowest BCUT2D eigenvalue weighted by atomic mass is 10.2. The molecule has 0 spiro atoms. The van der Waals surface area contributed by atoms with E-state index in [0.717, 1.165) is 18.8 Å². The maximum atomic E-state index is 5.63. The maximum absolute atomic E-state index is 5.63. The number of hydrogen-bond donors (Lipinski definition) is 0. The molecule has 0 bridgehead atoms. The van der Waals surface area contributed by atoms with E-state index in [0.29, 0.717) is 0 Å². The van der Waals surface area contributed by atoms with Gasteiger partial charge in [-0.25, -0.2) is 0 Å². The number of rotatable bonds is 2. The summed E-state index contributed by atoms with van der Waals surface area (Å²) in [6.07, 6.45) is 7.30. The molecule has 0 atom stereocenters. The van der Waals surface area contributed by atoms with Gasteiger partial charge in [-0.1, -0.05) is 6.42 Å². The van der Waals surface area contributed by atoms with Gasteiger partial charge in [0.15, 0.2) is 5.75 Å². The Balaban J connectivity index is 1.90. The predicted octanol–water partition coefficient (Wildman–Crippen LogP) is 1.86. The van der Waals surface area contributed by atoms with Crippen LogP contribution in [0.4, 0.5) is 0 Å². The van der Waals surface area contributed by atoms with Crippen molar-refractivity contribution < 1.29 is 4.84 Å². The van der Waals surface area contributed by atoms with E-state index < -0.39 is 0 Å². The van der Waals surface area contributed by atoms with Crippen LogP contribution in [-0.4, -0.2) is 23.1 Å². The zero-order valence-corrected chi connectivity index (χ0v) is 7.65. The van der Waals surface area contributed by atoms with Gasteiger partial charge < -0.3 is 4.84 Å². The van der Waals surface area contributed by atoms with Gasteiger partial charge in [0.2, 0.25) is 0 Å². The Bertz CT molecular complexity index is 244. The molecule has 3 heteroatoms. The Kier molecular flexibility index (Phi) is 2.77. The average molecular weight is 178 g/mol. The highest BCUT2D eigenvalue weighted by atomic mass is 16.7. The smallest absolute Gasteiger partial charge is 0.165 e. The fourth-order valence-corrected chi connectivity index (χ4v) is 1.51. The Hall–Kier alpha value is -1.09. The molecule has 1 saturated heterocycles. The molecule has 2 rings (SSSR count). The third-order valence-corrected chi connectivity index (χ3v) is 2.18. The van der Waals surface area contributed by atoms with E-state index in [-0.39, 0.29) is 0 Å². The second kappa shape index (κ2) is 4.23. The molecule has 0 radical (unpaired) electrons. The Morgan fingerprint density at radius 1 is 1.23 bits per heavy atom. The largest absolute Gasteiger partial charge is 0.404 e. The van der Waals surface area contributed by atoms with Gasteiger partial charge in [0.25, 0.3) is 0 Å². The summed E-state index contributed by atoms with van der Waals surface area (Å²) in [6, 6.07) is 3.82. The lowest BCUT2D eigenvalue weighted by Crippen LogP contribution is -2.32. The van der Waals surface area contributed by atoms with Crippen LogP contribution in [0.1, 0.15) is 19.3 Å². The standard InChI is InChI=1S/C10H14N2O/c1-2-7-12(8-3-1)13-10-5-4-6-11-9-10/h4-6,9H,1-3,7-8H2. The molecule has 2 heterocycles. The third kappa shape index (κ3) is 2.42. The number of aromatic nitrogens is 1. The van der Waals surface area contributed by atoms with Crippen molar-refractivity contribution in [2.75, 3.05) is 13.1 Å². The molecule has 70 valence electrons. The first-order valence-corrected chi connectivity index (χ1v) is 4.78. The second-order valence-corrected chi connectivity index (χ2v) is 3.27. The zero-order valence-electron chi connectivity index (χ0n) is 7.65. The maximum Gasteiger partial charge on any atom is 0.165 e. The molecule has 0 saturated carbocycles. The van der Waals surface area contributed by atoms with Crippen molar-refractivity contribution in [1.82, 2.24) is 10.0 Å². The van der Waals surface area contributed by atoms with Gasteiger partial charge in [0.05, 0.1) is 6.20 Å². The van der Waals surface area contributed by atoms with E-state index in [1.54, 1.807) is 12.4 Å². The van der Waals surface area contributed by atoms with E-state index in [1.807, 2.05) is 17.2 Å². The van der Waals surface area contributed by atoms with Crippen molar-refractivity contribution in [2.45, 2.75) is 19.3 Å². The van der Waals surface area contributed by atoms with E-state index in [1.165, 1.54) is 19.3 Å². The molecular formula is C10H14N2O. The summed E-state index contributed by atoms with van der Waals surface area (Å²) in [4.78, 5) is 9.62. The van der Waals surface area contributed by atoms with Gasteiger partial charge in [-0.15, -0.1) is 5.06 Å². The highest BCUT2D eigenvalue weighted by Crippen LogP contribution is 2.13. The fourth-order valence-electron chi connectivity index (χ4n) is 1.51. The summed E-state index contributed by atoms with van der Waals surface area (Å²) in [7, 11) is 0. The average Bonchev–Trinajstić information content (AvgIpc) is 2.21. The molecule has 0 N–H and O–H groups in total. The summed E-state index contributed by atoms with van der Waals surface area (Å²) in [5.74, 6) is 0.837. The third-order valence-electron chi connectivity index (χ3n) is 2.18. The molecule has 0 unspecified atom stereocenters. The molecule has 1 fully saturated rings. The van der Waals surface area contributed by atoms with Crippen LogP contribution in [0.3, 0.4) is 0 Å². The van der Waals surface area contributed by atoms with Gasteiger partial charge in [-0.05, 0) is 25.0 Å². The van der Waals surface area contributed by atoms with E-state index in [9.17, 15) is 0 Å². The van der Waals surface area contributed by atoms with Gasteiger partial charge in [0, 0.05) is 19.3 Å². The molecule has 0 aliphatic carbocycles. The SMILES string of the molecule is c1cncc(ON2CCCCC2)c1. The number of nitrogens with zero attached hydrogens (tertiary/aromatic N) is 2. The van der Waals surface area contributed by atoms with Gasteiger partial charge >= 0.3 is 0 Å². The molecule has 1 aromatic rings. The highest BCUT2D eigenvalue weighted by molar-refractivity contribution is 5.14. The van der Waals surface area contributed by atoms with Crippen molar-refractivity contribution in [3.63, 3.8) is 0 Å². The number of hydroxylamine groups is 2. The molecule has 1 aromatic heterocycles. The van der Waals surface area contributed by atoms with Crippen molar-refractivity contribution >= 4 is 0 Å². The van der Waals surface area contributed by atoms with Crippen LogP contribution in [0.2, 0.25) is 0 Å². The summed E-state index contributed by atoms with van der Waals surface area (Å²) in [5, 5.41) is 2.01. The Labute approximate surface area is 78.3 Å². The lowest BCUT2D eigenvalue weighted by Gasteiger charge is -2.25. The van der Waals surface area contributed by atoms with Crippen LogP contribution < -0.4 is 4.84 Å². The minimum absolute atomic E-state index is 0.837. The first kappa shape index (κ1) is 8.51. The lowest BCUT2D eigenvalue weighted by molar-refractivity contribution is -0.0722. The molecule has 13 heavy (non-hydrogen) atoms. The Morgan fingerprint density at radius 3 is 2.77 bits per heavy atom. The summed E-state index contributed by atoms with van der Waals surface area (Å²) < 4.78 is 0. The minimum atomic E-state index is 0.837. The number of hydrogen-bond acceptors (Lipinski definition) is 3. The highest BCUT2D eigenvalue weighted by Gasteiger charge is 2.10. The van der Waals surface area contributed by atoms with Crippen molar-refractivity contribution in [3.05, 3.63) is 24.5 Å². The van der Waals surface area contributed by atoms with E-state index in [2.05, 4.69) is 4.98 Å². The van der Waals surface area contributed by atoms with Crippen LogP contribution in [0.5, 0.6) is 5.75 Å². The summed E-state index contributed by atoms with van der Waals surface area (Å²) in [6.45, 7) is 2.07. The molecular weight excluding hydrogens is 164 g/mol. The van der Waals surface area contributed by atoms with E-state index >= 15 is 0 Å². The minimum Gasteiger partial charge on any atom is -0.404 e. The zero-order chi connectivity index (χ0) is 8.93. The molecule has 0 aromatic carbocycles. The predicted molar refractivity (Wildman–Crippen MR) is 50.3 cm³/mol. The second-order valence-electron chi connectivity index (χ2n) is 3.27. The van der Waals surface area contributed by atoms with Crippen LogP contribution in [0.25, 0.3) is 0 Å². The van der Waals surface area contributed by atoms with E-state index in [4.69, 9.17) is 4.84 Å². The number of piperidine rings is 1.